The third kappa shape index (κ3) is 5.43. The summed E-state index contributed by atoms with van der Waals surface area (Å²) in [6.45, 7) is 0.828. The van der Waals surface area contributed by atoms with Crippen molar-refractivity contribution in [2.24, 2.45) is 0 Å². The topological polar surface area (TPSA) is 116 Å². The van der Waals surface area contributed by atoms with Crippen LogP contribution in [0.3, 0.4) is 0 Å². The van der Waals surface area contributed by atoms with Crippen LogP contribution in [0.1, 0.15) is 27.6 Å². The molecule has 140 valence electrons. The minimum atomic E-state index is -1.13. The van der Waals surface area contributed by atoms with Gasteiger partial charge in [0.05, 0.1) is 4.92 Å². The quantitative estimate of drug-likeness (QED) is 0.344. The lowest BCUT2D eigenvalue weighted by Gasteiger charge is -2.13. The van der Waals surface area contributed by atoms with E-state index >= 15 is 0 Å². The molecule has 9 heteroatoms. The van der Waals surface area contributed by atoms with E-state index in [-0.39, 0.29) is 16.8 Å². The van der Waals surface area contributed by atoms with Crippen LogP contribution in [0.15, 0.2) is 48.5 Å². The van der Waals surface area contributed by atoms with E-state index in [0.717, 1.165) is 18.2 Å². The number of ether oxygens (including phenoxy) is 1. The van der Waals surface area contributed by atoms with Crippen molar-refractivity contribution in [1.29, 1.82) is 0 Å². The van der Waals surface area contributed by atoms with Gasteiger partial charge in [-0.05, 0) is 37.3 Å². The van der Waals surface area contributed by atoms with Crippen molar-refractivity contribution in [3.63, 3.8) is 0 Å². The maximum Gasteiger partial charge on any atom is 0.326 e. The minimum Gasteiger partial charge on any atom is -0.453 e. The fourth-order valence-electron chi connectivity index (χ4n) is 2.16. The van der Waals surface area contributed by atoms with E-state index in [1.807, 2.05) is 0 Å². The summed E-state index contributed by atoms with van der Waals surface area (Å²) in [6, 6.07) is 9.76. The number of amides is 1. The number of nitro benzene ring substituents is 1. The second-order valence-corrected chi connectivity index (χ2v) is 5.49. The number of ketones is 1. The second kappa shape index (κ2) is 8.65. The van der Waals surface area contributed by atoms with Crippen molar-refractivity contribution in [2.45, 2.75) is 13.0 Å². The summed E-state index contributed by atoms with van der Waals surface area (Å²) >= 11 is 0. The van der Waals surface area contributed by atoms with Crippen LogP contribution in [0, 0.1) is 15.9 Å². The van der Waals surface area contributed by atoms with Crippen molar-refractivity contribution in [1.82, 2.24) is 5.32 Å². The highest BCUT2D eigenvalue weighted by Gasteiger charge is 2.20. The fraction of sp³-hybridized carbons (Fsp3) is 0.167. The third-order valence-corrected chi connectivity index (χ3v) is 3.52. The van der Waals surface area contributed by atoms with Crippen LogP contribution in [-0.2, 0) is 9.53 Å². The number of carbonyl (C=O) groups is 3. The Bertz CT molecular complexity index is 882. The summed E-state index contributed by atoms with van der Waals surface area (Å²) in [5, 5.41) is 13.0. The van der Waals surface area contributed by atoms with E-state index < -0.39 is 41.0 Å². The van der Waals surface area contributed by atoms with Crippen LogP contribution in [0.25, 0.3) is 0 Å². The van der Waals surface area contributed by atoms with E-state index in [9.17, 15) is 28.9 Å². The number of nitrogens with one attached hydrogen (secondary N) is 1. The first-order valence-electron chi connectivity index (χ1n) is 7.80. The van der Waals surface area contributed by atoms with Crippen LogP contribution in [0.5, 0.6) is 0 Å². The Morgan fingerprint density at radius 3 is 2.44 bits per heavy atom. The maximum absolute atomic E-state index is 12.9. The van der Waals surface area contributed by atoms with E-state index in [1.165, 1.54) is 37.3 Å². The van der Waals surface area contributed by atoms with Crippen LogP contribution in [-0.4, -0.2) is 35.2 Å². The highest BCUT2D eigenvalue weighted by atomic mass is 19.1. The van der Waals surface area contributed by atoms with Gasteiger partial charge in [0.25, 0.3) is 11.6 Å². The van der Waals surface area contributed by atoms with Crippen molar-refractivity contribution in [2.75, 3.05) is 6.54 Å². The van der Waals surface area contributed by atoms with Crippen molar-refractivity contribution < 1.29 is 28.4 Å². The highest BCUT2D eigenvalue weighted by Crippen LogP contribution is 2.13. The number of nitro groups is 1. The number of non-ortho nitro benzene ring substituents is 1. The molecule has 1 atom stereocenters. The zero-order valence-corrected chi connectivity index (χ0v) is 14.2. The molecule has 0 fully saturated rings. The molecule has 0 unspecified atom stereocenters. The first-order chi connectivity index (χ1) is 12.8. The van der Waals surface area contributed by atoms with Gasteiger partial charge < -0.3 is 10.1 Å². The Hall–Kier alpha value is -3.62. The normalized spacial score (nSPS) is 11.3. The summed E-state index contributed by atoms with van der Waals surface area (Å²) in [5.41, 5.74) is -0.0755. The molecule has 0 aliphatic rings. The lowest BCUT2D eigenvalue weighted by molar-refractivity contribution is -0.384. The molecule has 8 nitrogen and oxygen atoms in total. The van der Waals surface area contributed by atoms with Crippen LogP contribution < -0.4 is 5.32 Å². The van der Waals surface area contributed by atoms with Gasteiger partial charge in [0.1, 0.15) is 12.4 Å². The summed E-state index contributed by atoms with van der Waals surface area (Å²) in [7, 11) is 0. The average Bonchev–Trinajstić information content (AvgIpc) is 2.66. The van der Waals surface area contributed by atoms with Gasteiger partial charge in [-0.15, -0.1) is 0 Å². The largest absolute Gasteiger partial charge is 0.453 e. The fourth-order valence-corrected chi connectivity index (χ4v) is 2.16. The summed E-state index contributed by atoms with van der Waals surface area (Å²) in [4.78, 5) is 45.9. The molecule has 0 spiro atoms. The van der Waals surface area contributed by atoms with E-state index in [4.69, 9.17) is 4.74 Å². The molecule has 2 rings (SSSR count). The molecule has 0 bridgehead atoms. The SMILES string of the molecule is C[C@H](OC(=O)CNC(=O)c1cccc([N+](=O)[O-])c1)C(=O)c1ccc(F)cc1. The number of hydrogen-bond acceptors (Lipinski definition) is 6. The van der Waals surface area contributed by atoms with E-state index in [1.54, 1.807) is 0 Å². The molecule has 0 saturated carbocycles. The number of Topliss-reactive ketones (excluding diaryl/α,β-unsaturated/α-hetero) is 1. The van der Waals surface area contributed by atoms with Crippen LogP contribution in [0.2, 0.25) is 0 Å². The molecule has 0 aromatic heterocycles. The number of rotatable bonds is 7. The van der Waals surface area contributed by atoms with Crippen molar-refractivity contribution in [3.8, 4) is 0 Å². The first kappa shape index (κ1) is 19.7. The summed E-state index contributed by atoms with van der Waals surface area (Å²) < 4.78 is 17.8. The molecule has 27 heavy (non-hydrogen) atoms. The number of nitrogens with zero attached hydrogens (tertiary/aromatic N) is 1. The van der Waals surface area contributed by atoms with Crippen molar-refractivity contribution in [3.05, 3.63) is 75.6 Å². The molecule has 0 aliphatic heterocycles. The van der Waals surface area contributed by atoms with Gasteiger partial charge in [0.15, 0.2) is 6.10 Å². The number of esters is 1. The number of carbonyl (C=O) groups excluding carboxylic acids is 3. The molecule has 0 radical (unpaired) electrons. The molecule has 1 amide bonds. The zero-order chi connectivity index (χ0) is 20.0. The van der Waals surface area contributed by atoms with Crippen LogP contribution in [0.4, 0.5) is 10.1 Å². The Balaban J connectivity index is 1.89. The molecule has 0 saturated heterocycles. The Morgan fingerprint density at radius 2 is 1.81 bits per heavy atom. The second-order valence-electron chi connectivity index (χ2n) is 5.49. The highest BCUT2D eigenvalue weighted by molar-refractivity contribution is 6.00. The van der Waals surface area contributed by atoms with Gasteiger partial charge in [-0.2, -0.15) is 0 Å². The maximum atomic E-state index is 12.9. The molecule has 0 aliphatic carbocycles. The zero-order valence-electron chi connectivity index (χ0n) is 14.2. The van der Waals surface area contributed by atoms with Gasteiger partial charge in [0.2, 0.25) is 5.78 Å². The predicted molar refractivity (Wildman–Crippen MR) is 91.7 cm³/mol. The Kier molecular flexibility index (Phi) is 6.32. The lowest BCUT2D eigenvalue weighted by Crippen LogP contribution is -2.34. The smallest absolute Gasteiger partial charge is 0.326 e. The predicted octanol–water partition coefficient (Wildman–Crippen LogP) is 2.28. The minimum absolute atomic E-state index is 0.00689. The number of benzene rings is 2. The van der Waals surface area contributed by atoms with Gasteiger partial charge in [-0.3, -0.25) is 24.5 Å². The standard InChI is InChI=1S/C18H15FN2O6/c1-11(17(23)12-5-7-14(19)8-6-12)27-16(22)10-20-18(24)13-3-2-4-15(9-13)21(25)26/h2-9,11H,10H2,1H3,(H,20,24)/t11-/m0/s1. The number of halogens is 1. The van der Waals surface area contributed by atoms with Gasteiger partial charge in [-0.25, -0.2) is 4.39 Å². The average molecular weight is 374 g/mol. The van der Waals surface area contributed by atoms with Crippen molar-refractivity contribution >= 4 is 23.3 Å². The lowest BCUT2D eigenvalue weighted by atomic mass is 10.1. The van der Waals surface area contributed by atoms with Gasteiger partial charge >= 0.3 is 5.97 Å². The Morgan fingerprint density at radius 1 is 1.15 bits per heavy atom. The Labute approximate surface area is 153 Å². The molecule has 1 N–H and O–H groups in total. The molecule has 2 aromatic rings. The van der Waals surface area contributed by atoms with Crippen LogP contribution >= 0.6 is 0 Å². The van der Waals surface area contributed by atoms with E-state index in [2.05, 4.69) is 5.32 Å². The molecular formula is C18H15FN2O6. The monoisotopic (exact) mass is 374 g/mol. The third-order valence-electron chi connectivity index (χ3n) is 3.52. The summed E-state index contributed by atoms with van der Waals surface area (Å²) in [5.74, 6) is -2.58. The van der Waals surface area contributed by atoms with Gasteiger partial charge in [-0.1, -0.05) is 6.07 Å². The number of hydrogen-bond donors (Lipinski definition) is 1. The molecular weight excluding hydrogens is 359 g/mol. The summed E-state index contributed by atoms with van der Waals surface area (Å²) in [6.07, 6.45) is -1.13. The molecule has 2 aromatic carbocycles. The van der Waals surface area contributed by atoms with Gasteiger partial charge in [0, 0.05) is 23.3 Å². The molecule has 0 heterocycles. The van der Waals surface area contributed by atoms with E-state index in [0.29, 0.717) is 0 Å². The first-order valence-corrected chi connectivity index (χ1v) is 7.80.